The molecule has 2 heterocycles. The number of carbonyl (C=O) groups is 1. The highest BCUT2D eigenvalue weighted by Gasteiger charge is 2.16. The molecule has 1 saturated carbocycles. The lowest BCUT2D eigenvalue weighted by Gasteiger charge is -2.10. The molecular weight excluding hydrogens is 352 g/mol. The smallest absolute Gasteiger partial charge is 0.220 e. The Hall–Kier alpha value is -2.52. The summed E-state index contributed by atoms with van der Waals surface area (Å²) in [6.45, 7) is 1.86. The minimum atomic E-state index is -0.0923. The van der Waals surface area contributed by atoms with E-state index >= 15 is 0 Å². The Morgan fingerprint density at radius 1 is 1.35 bits per heavy atom. The van der Waals surface area contributed by atoms with Gasteiger partial charge in [0.15, 0.2) is 0 Å². The van der Waals surface area contributed by atoms with Crippen molar-refractivity contribution in [3.63, 3.8) is 0 Å². The Morgan fingerprint density at radius 3 is 2.92 bits per heavy atom. The molecule has 2 aromatic rings. The van der Waals surface area contributed by atoms with Gasteiger partial charge in [0.05, 0.1) is 24.0 Å². The minimum absolute atomic E-state index is 0.0923. The lowest BCUT2D eigenvalue weighted by Crippen LogP contribution is -2.34. The van der Waals surface area contributed by atoms with Gasteiger partial charge in [-0.3, -0.25) is 9.63 Å². The Morgan fingerprint density at radius 2 is 2.15 bits per heavy atom. The molecule has 0 bridgehead atoms. The highest BCUT2D eigenvalue weighted by molar-refractivity contribution is 7.13. The number of thiazole rings is 1. The summed E-state index contributed by atoms with van der Waals surface area (Å²) in [6.07, 6.45) is 4.66. The van der Waals surface area contributed by atoms with E-state index in [2.05, 4.69) is 25.8 Å². The van der Waals surface area contributed by atoms with Crippen LogP contribution in [0.5, 0.6) is 0 Å². The van der Waals surface area contributed by atoms with E-state index in [1.807, 2.05) is 23.6 Å². The first kappa shape index (κ1) is 18.3. The van der Waals surface area contributed by atoms with Crippen molar-refractivity contribution in [2.45, 2.75) is 45.3 Å². The van der Waals surface area contributed by atoms with Gasteiger partial charge >= 0.3 is 0 Å². The zero-order valence-corrected chi connectivity index (χ0v) is 15.4. The average Bonchev–Trinajstić information content (AvgIpc) is 3.30. The van der Waals surface area contributed by atoms with E-state index in [1.165, 1.54) is 31.1 Å². The summed E-state index contributed by atoms with van der Waals surface area (Å²) >= 11 is 1.37. The van der Waals surface area contributed by atoms with Crippen LogP contribution in [0.25, 0.3) is 11.4 Å². The number of hydrogen-bond acceptors (Lipinski definition) is 6. The molecule has 0 spiro atoms. The predicted molar refractivity (Wildman–Crippen MR) is 101 cm³/mol. The standard InChI is InChI=1S/C17H22N6O2S/c1-11(24)19-9-12-5-4-8-14(20-12)15-10-26-17(21-15)22-16(18)23-25-13-6-2-3-7-13/h4-5,8,10,13H,2-3,6-7,9H2,1H3,(H,19,24)(H3,18,21,22,23). The molecule has 0 saturated heterocycles. The number of nitrogens with zero attached hydrogens (tertiary/aromatic N) is 3. The molecule has 1 aliphatic carbocycles. The molecule has 9 heteroatoms. The molecule has 0 radical (unpaired) electrons. The highest BCUT2D eigenvalue weighted by atomic mass is 32.1. The summed E-state index contributed by atoms with van der Waals surface area (Å²) in [5.41, 5.74) is 10.7. The van der Waals surface area contributed by atoms with E-state index in [0.29, 0.717) is 17.4 Å². The van der Waals surface area contributed by atoms with E-state index in [1.54, 1.807) is 0 Å². The van der Waals surface area contributed by atoms with Crippen molar-refractivity contribution in [1.29, 1.82) is 0 Å². The van der Waals surface area contributed by atoms with Gasteiger partial charge in [-0.05, 0) is 25.0 Å². The van der Waals surface area contributed by atoms with Crippen LogP contribution in [0.4, 0.5) is 5.13 Å². The number of aromatic nitrogens is 2. The van der Waals surface area contributed by atoms with Gasteiger partial charge in [-0.2, -0.15) is 4.99 Å². The van der Waals surface area contributed by atoms with Crippen LogP contribution in [-0.2, 0) is 16.2 Å². The Bertz CT molecular complexity index is 785. The molecule has 8 nitrogen and oxygen atoms in total. The fraction of sp³-hybridized carbons (Fsp3) is 0.412. The fourth-order valence-corrected chi connectivity index (χ4v) is 3.34. The van der Waals surface area contributed by atoms with Gasteiger partial charge in [0.1, 0.15) is 5.69 Å². The number of rotatable bonds is 6. The first-order valence-corrected chi connectivity index (χ1v) is 9.40. The van der Waals surface area contributed by atoms with E-state index in [0.717, 1.165) is 24.2 Å². The number of nitrogens with one attached hydrogen (secondary N) is 2. The molecule has 1 fully saturated rings. The molecule has 0 unspecified atom stereocenters. The van der Waals surface area contributed by atoms with Crippen LogP contribution in [0, 0.1) is 0 Å². The fourth-order valence-electron chi connectivity index (χ4n) is 2.64. The van der Waals surface area contributed by atoms with Crippen molar-refractivity contribution in [2.75, 3.05) is 0 Å². The highest BCUT2D eigenvalue weighted by Crippen LogP contribution is 2.25. The summed E-state index contributed by atoms with van der Waals surface area (Å²) in [7, 11) is 0. The molecule has 1 aliphatic rings. The summed E-state index contributed by atoms with van der Waals surface area (Å²) in [4.78, 5) is 29.7. The molecule has 138 valence electrons. The largest absolute Gasteiger partial charge is 0.368 e. The number of guanidine groups is 1. The van der Waals surface area contributed by atoms with Crippen molar-refractivity contribution in [3.8, 4) is 11.4 Å². The number of hydroxylamine groups is 1. The number of amides is 1. The van der Waals surface area contributed by atoms with Gasteiger partial charge in [-0.1, -0.05) is 18.9 Å². The Labute approximate surface area is 155 Å². The predicted octanol–water partition coefficient (Wildman–Crippen LogP) is 2.25. The maximum Gasteiger partial charge on any atom is 0.220 e. The zero-order valence-electron chi connectivity index (χ0n) is 14.6. The second kappa shape index (κ2) is 8.72. The lowest BCUT2D eigenvalue weighted by atomic mass is 10.2. The van der Waals surface area contributed by atoms with Gasteiger partial charge in [0, 0.05) is 12.3 Å². The molecule has 0 aromatic carbocycles. The van der Waals surface area contributed by atoms with Crippen molar-refractivity contribution in [2.24, 2.45) is 10.7 Å². The van der Waals surface area contributed by atoms with Crippen molar-refractivity contribution in [1.82, 2.24) is 20.8 Å². The third-order valence-electron chi connectivity index (χ3n) is 3.93. The van der Waals surface area contributed by atoms with Gasteiger partial charge < -0.3 is 11.1 Å². The van der Waals surface area contributed by atoms with Gasteiger partial charge in [-0.25, -0.2) is 15.4 Å². The maximum atomic E-state index is 11.0. The molecule has 0 aliphatic heterocycles. The topological polar surface area (TPSA) is 115 Å². The summed E-state index contributed by atoms with van der Waals surface area (Å²) in [6, 6.07) is 5.60. The number of carbonyl (C=O) groups excluding carboxylic acids is 1. The molecular formula is C17H22N6O2S. The Kier molecular flexibility index (Phi) is 6.13. The van der Waals surface area contributed by atoms with Crippen molar-refractivity contribution in [3.05, 3.63) is 29.3 Å². The van der Waals surface area contributed by atoms with Crippen molar-refractivity contribution >= 4 is 28.3 Å². The van der Waals surface area contributed by atoms with Gasteiger partial charge in [0.2, 0.25) is 17.0 Å². The second-order valence-corrected chi connectivity index (χ2v) is 6.90. The SMILES string of the molecule is CC(=O)NCc1cccc(-c2csc(N=C(N)NOC3CCCC3)n2)n1. The Balaban J connectivity index is 1.62. The van der Waals surface area contributed by atoms with Crippen molar-refractivity contribution < 1.29 is 9.63 Å². The van der Waals surface area contributed by atoms with Gasteiger partial charge in [-0.15, -0.1) is 11.3 Å². The molecule has 4 N–H and O–H groups in total. The summed E-state index contributed by atoms with van der Waals surface area (Å²) in [5.74, 6) is 0.0930. The quantitative estimate of drug-likeness (QED) is 0.406. The number of aliphatic imine (C=N–C) groups is 1. The first-order valence-electron chi connectivity index (χ1n) is 8.52. The van der Waals surface area contributed by atoms with E-state index in [-0.39, 0.29) is 18.0 Å². The molecule has 3 rings (SSSR count). The molecule has 26 heavy (non-hydrogen) atoms. The van der Waals surface area contributed by atoms with E-state index in [4.69, 9.17) is 10.6 Å². The molecule has 2 aromatic heterocycles. The second-order valence-electron chi connectivity index (χ2n) is 6.06. The van der Waals surface area contributed by atoms with Crippen LogP contribution < -0.4 is 16.5 Å². The monoisotopic (exact) mass is 374 g/mol. The molecule has 1 amide bonds. The number of pyridine rings is 1. The van der Waals surface area contributed by atoms with Crippen LogP contribution in [0.1, 0.15) is 38.3 Å². The third-order valence-corrected chi connectivity index (χ3v) is 4.66. The zero-order chi connectivity index (χ0) is 18.4. The first-order chi connectivity index (χ1) is 12.6. The van der Waals surface area contributed by atoms with Crippen LogP contribution >= 0.6 is 11.3 Å². The van der Waals surface area contributed by atoms with E-state index in [9.17, 15) is 4.79 Å². The minimum Gasteiger partial charge on any atom is -0.368 e. The summed E-state index contributed by atoms with van der Waals surface area (Å²) in [5, 5.41) is 5.12. The number of nitrogens with two attached hydrogens (primary N) is 1. The van der Waals surface area contributed by atoms with Crippen LogP contribution in [0.2, 0.25) is 0 Å². The maximum absolute atomic E-state index is 11.0. The van der Waals surface area contributed by atoms with Crippen LogP contribution in [0.15, 0.2) is 28.6 Å². The van der Waals surface area contributed by atoms with Crippen LogP contribution in [-0.4, -0.2) is 27.9 Å². The third kappa shape index (κ3) is 5.24. The molecule has 0 atom stereocenters. The normalized spacial score (nSPS) is 15.2. The number of hydrogen-bond donors (Lipinski definition) is 3. The lowest BCUT2D eigenvalue weighted by molar-refractivity contribution is -0.119. The van der Waals surface area contributed by atoms with Crippen LogP contribution in [0.3, 0.4) is 0 Å². The van der Waals surface area contributed by atoms with E-state index < -0.39 is 0 Å². The van der Waals surface area contributed by atoms with Gasteiger partial charge in [0.25, 0.3) is 0 Å². The average molecular weight is 374 g/mol. The summed E-state index contributed by atoms with van der Waals surface area (Å²) < 4.78 is 0.